The summed E-state index contributed by atoms with van der Waals surface area (Å²) in [5.74, 6) is 0.583. The number of carbonyl (C=O) groups excluding carboxylic acids is 1. The zero-order valence-corrected chi connectivity index (χ0v) is 10.7. The third-order valence-corrected chi connectivity index (χ3v) is 3.09. The average Bonchev–Trinajstić information content (AvgIpc) is 2.86. The molecule has 100 valence electrons. The highest BCUT2D eigenvalue weighted by Crippen LogP contribution is 2.31. The molecule has 0 saturated heterocycles. The Bertz CT molecular complexity index is 796. The van der Waals surface area contributed by atoms with Crippen LogP contribution in [0.1, 0.15) is 10.5 Å². The van der Waals surface area contributed by atoms with Crippen molar-refractivity contribution in [1.29, 1.82) is 0 Å². The largest absolute Gasteiger partial charge is 0.496 e. The predicted octanol–water partition coefficient (Wildman–Crippen LogP) is 2.96. The number of pyridine rings is 1. The fourth-order valence-electron chi connectivity index (χ4n) is 2.19. The molecule has 0 aliphatic rings. The van der Waals surface area contributed by atoms with Gasteiger partial charge in [0, 0.05) is 6.20 Å². The molecule has 0 fully saturated rings. The summed E-state index contributed by atoms with van der Waals surface area (Å²) in [6, 6.07) is 9.62. The Morgan fingerprint density at radius 2 is 2.15 bits per heavy atom. The maximum atomic E-state index is 13.5. The zero-order chi connectivity index (χ0) is 14.1. The molecular weight excluding hydrogens is 259 g/mol. The number of carbonyl (C=O) groups is 1. The minimum Gasteiger partial charge on any atom is -0.496 e. The average molecular weight is 270 g/mol. The fourth-order valence-corrected chi connectivity index (χ4v) is 2.19. The number of ether oxygens (including phenoxy) is 1. The van der Waals surface area contributed by atoms with E-state index in [1.165, 1.54) is 25.3 Å². The molecule has 0 aliphatic heterocycles. The van der Waals surface area contributed by atoms with E-state index in [-0.39, 0.29) is 5.82 Å². The monoisotopic (exact) mass is 270 g/mol. The summed E-state index contributed by atoms with van der Waals surface area (Å²) in [7, 11) is 1.51. The summed E-state index contributed by atoms with van der Waals surface area (Å²) in [6.07, 6.45) is 2.46. The number of aromatic nitrogens is 2. The molecule has 20 heavy (non-hydrogen) atoms. The minimum atomic E-state index is -0.388. The van der Waals surface area contributed by atoms with Crippen molar-refractivity contribution in [2.75, 3.05) is 7.11 Å². The van der Waals surface area contributed by atoms with Gasteiger partial charge in [-0.3, -0.25) is 9.20 Å². The van der Waals surface area contributed by atoms with Gasteiger partial charge in [-0.2, -0.15) is 0 Å². The number of aldehydes is 1. The van der Waals surface area contributed by atoms with Crippen molar-refractivity contribution in [2.45, 2.75) is 0 Å². The van der Waals surface area contributed by atoms with Gasteiger partial charge in [-0.1, -0.05) is 6.07 Å². The highest BCUT2D eigenvalue weighted by atomic mass is 19.1. The van der Waals surface area contributed by atoms with Gasteiger partial charge in [0.05, 0.1) is 18.2 Å². The van der Waals surface area contributed by atoms with E-state index in [9.17, 15) is 9.18 Å². The van der Waals surface area contributed by atoms with E-state index in [0.717, 1.165) is 0 Å². The van der Waals surface area contributed by atoms with Crippen LogP contribution < -0.4 is 4.74 Å². The van der Waals surface area contributed by atoms with Gasteiger partial charge in [-0.05, 0) is 30.3 Å². The summed E-state index contributed by atoms with van der Waals surface area (Å²) in [6.45, 7) is 0. The maximum Gasteiger partial charge on any atom is 0.170 e. The van der Waals surface area contributed by atoms with Gasteiger partial charge in [0.25, 0.3) is 0 Å². The summed E-state index contributed by atoms with van der Waals surface area (Å²) in [5, 5.41) is 0. The number of hydrogen-bond acceptors (Lipinski definition) is 3. The highest BCUT2D eigenvalue weighted by molar-refractivity contribution is 5.86. The van der Waals surface area contributed by atoms with Crippen molar-refractivity contribution >= 4 is 11.8 Å². The van der Waals surface area contributed by atoms with Crippen LogP contribution in [0.3, 0.4) is 0 Å². The van der Waals surface area contributed by atoms with E-state index in [1.807, 2.05) is 12.1 Å². The topological polar surface area (TPSA) is 43.6 Å². The van der Waals surface area contributed by atoms with Gasteiger partial charge in [0.1, 0.15) is 23.1 Å². The number of halogens is 1. The molecule has 3 aromatic rings. The molecule has 0 bridgehead atoms. The Morgan fingerprint density at radius 3 is 2.90 bits per heavy atom. The van der Waals surface area contributed by atoms with E-state index in [0.29, 0.717) is 34.6 Å². The summed E-state index contributed by atoms with van der Waals surface area (Å²) >= 11 is 0. The number of rotatable bonds is 3. The number of fused-ring (bicyclic) bond motifs is 1. The van der Waals surface area contributed by atoms with Gasteiger partial charge in [0.15, 0.2) is 6.29 Å². The molecular formula is C15H11FN2O2. The van der Waals surface area contributed by atoms with Crippen LogP contribution in [0.25, 0.3) is 16.9 Å². The number of hydrogen-bond donors (Lipinski definition) is 0. The SMILES string of the molecule is COc1ccc(F)cc1-c1nc(C=O)c2ccccn12. The molecule has 3 rings (SSSR count). The molecule has 0 unspecified atom stereocenters. The summed E-state index contributed by atoms with van der Waals surface area (Å²) in [5.41, 5.74) is 1.48. The van der Waals surface area contributed by atoms with Crippen molar-refractivity contribution < 1.29 is 13.9 Å². The van der Waals surface area contributed by atoms with E-state index in [4.69, 9.17) is 4.74 Å². The van der Waals surface area contributed by atoms with Crippen LogP contribution in [-0.4, -0.2) is 22.8 Å². The number of benzene rings is 1. The Kier molecular flexibility index (Phi) is 2.95. The lowest BCUT2D eigenvalue weighted by Gasteiger charge is -2.07. The molecule has 0 atom stereocenters. The number of imidazole rings is 1. The molecule has 0 amide bonds. The summed E-state index contributed by atoms with van der Waals surface area (Å²) < 4.78 is 20.5. The molecule has 4 nitrogen and oxygen atoms in total. The van der Waals surface area contributed by atoms with Crippen LogP contribution in [0.2, 0.25) is 0 Å². The van der Waals surface area contributed by atoms with Crippen LogP contribution in [-0.2, 0) is 0 Å². The van der Waals surface area contributed by atoms with Crippen LogP contribution in [0.5, 0.6) is 5.75 Å². The molecule has 0 N–H and O–H groups in total. The predicted molar refractivity (Wildman–Crippen MR) is 72.5 cm³/mol. The second kappa shape index (κ2) is 4.77. The van der Waals surface area contributed by atoms with Crippen molar-refractivity contribution in [3.63, 3.8) is 0 Å². The standard InChI is InChI=1S/C15H11FN2O2/c1-20-14-6-5-10(16)8-11(14)15-17-12(9-19)13-4-2-3-7-18(13)15/h2-9H,1H3. The van der Waals surface area contributed by atoms with Crippen molar-refractivity contribution in [3.05, 3.63) is 54.1 Å². The fraction of sp³-hybridized carbons (Fsp3) is 0.0667. The molecule has 0 radical (unpaired) electrons. The first-order valence-electron chi connectivity index (χ1n) is 6.01. The first-order valence-corrected chi connectivity index (χ1v) is 6.01. The molecule has 0 spiro atoms. The first kappa shape index (κ1) is 12.3. The lowest BCUT2D eigenvalue weighted by Crippen LogP contribution is -1.94. The Hall–Kier alpha value is -2.69. The molecule has 0 aliphatic carbocycles. The smallest absolute Gasteiger partial charge is 0.170 e. The van der Waals surface area contributed by atoms with E-state index in [1.54, 1.807) is 16.7 Å². The first-order chi connectivity index (χ1) is 9.74. The van der Waals surface area contributed by atoms with E-state index in [2.05, 4.69) is 4.98 Å². The van der Waals surface area contributed by atoms with Crippen molar-refractivity contribution in [1.82, 2.24) is 9.38 Å². The molecule has 5 heteroatoms. The van der Waals surface area contributed by atoms with Gasteiger partial charge >= 0.3 is 0 Å². The van der Waals surface area contributed by atoms with Crippen LogP contribution >= 0.6 is 0 Å². The maximum absolute atomic E-state index is 13.5. The molecule has 1 aromatic carbocycles. The van der Waals surface area contributed by atoms with Crippen molar-refractivity contribution in [3.8, 4) is 17.1 Å². The van der Waals surface area contributed by atoms with Gasteiger partial charge in [-0.25, -0.2) is 9.37 Å². The quantitative estimate of drug-likeness (QED) is 0.687. The van der Waals surface area contributed by atoms with Crippen molar-refractivity contribution in [2.24, 2.45) is 0 Å². The summed E-state index contributed by atoms with van der Waals surface area (Å²) in [4.78, 5) is 15.4. The van der Waals surface area contributed by atoms with Crippen LogP contribution in [0, 0.1) is 5.82 Å². The number of nitrogens with zero attached hydrogens (tertiary/aromatic N) is 2. The number of methoxy groups -OCH3 is 1. The Labute approximate surface area is 114 Å². The van der Waals surface area contributed by atoms with Gasteiger partial charge in [0.2, 0.25) is 0 Å². The second-order valence-electron chi connectivity index (χ2n) is 4.24. The van der Waals surface area contributed by atoms with E-state index >= 15 is 0 Å². The van der Waals surface area contributed by atoms with Gasteiger partial charge < -0.3 is 4.74 Å². The Balaban J connectivity index is 2.35. The molecule has 2 aromatic heterocycles. The normalized spacial score (nSPS) is 10.7. The van der Waals surface area contributed by atoms with Gasteiger partial charge in [-0.15, -0.1) is 0 Å². The van der Waals surface area contributed by atoms with Crippen LogP contribution in [0.4, 0.5) is 4.39 Å². The highest BCUT2D eigenvalue weighted by Gasteiger charge is 2.16. The third-order valence-electron chi connectivity index (χ3n) is 3.09. The lowest BCUT2D eigenvalue weighted by atomic mass is 10.2. The Morgan fingerprint density at radius 1 is 1.30 bits per heavy atom. The second-order valence-corrected chi connectivity index (χ2v) is 4.24. The minimum absolute atomic E-state index is 0.312. The third kappa shape index (κ3) is 1.84. The van der Waals surface area contributed by atoms with Crippen LogP contribution in [0.15, 0.2) is 42.6 Å². The molecule has 2 heterocycles. The zero-order valence-electron chi connectivity index (χ0n) is 10.7. The lowest BCUT2D eigenvalue weighted by molar-refractivity contribution is 0.112. The molecule has 0 saturated carbocycles. The van der Waals surface area contributed by atoms with E-state index < -0.39 is 0 Å².